The van der Waals surface area contributed by atoms with Crippen LogP contribution in [-0.2, 0) is 11.8 Å². The predicted molar refractivity (Wildman–Crippen MR) is 73.3 cm³/mol. The minimum absolute atomic E-state index is 0.263. The van der Waals surface area contributed by atoms with Crippen LogP contribution in [-0.4, -0.2) is 29.0 Å². The van der Waals surface area contributed by atoms with Gasteiger partial charge in [-0.3, -0.25) is 4.68 Å². The van der Waals surface area contributed by atoms with Crippen LogP contribution in [0.2, 0.25) is 0 Å². The fourth-order valence-electron chi connectivity index (χ4n) is 1.52. The average molecular weight is 268 g/mol. The van der Waals surface area contributed by atoms with E-state index in [1.54, 1.807) is 20.0 Å². The number of hydrogen-bond donors (Lipinski definition) is 0. The van der Waals surface area contributed by atoms with E-state index in [2.05, 4.69) is 25.9 Å². The van der Waals surface area contributed by atoms with Crippen molar-refractivity contribution in [2.24, 2.45) is 12.5 Å². The average Bonchev–Trinajstić information content (AvgIpc) is 2.71. The van der Waals surface area contributed by atoms with Gasteiger partial charge in [-0.25, -0.2) is 4.79 Å². The molecule has 0 fully saturated rings. The van der Waals surface area contributed by atoms with Crippen LogP contribution in [0, 0.1) is 5.41 Å². The van der Waals surface area contributed by atoms with Crippen molar-refractivity contribution in [1.29, 1.82) is 0 Å². The van der Waals surface area contributed by atoms with E-state index in [9.17, 15) is 4.79 Å². The number of esters is 1. The quantitative estimate of drug-likeness (QED) is 0.714. The van der Waals surface area contributed by atoms with E-state index in [1.165, 1.54) is 4.68 Å². The third-order valence-electron chi connectivity index (χ3n) is 3.33. The zero-order valence-electron chi connectivity index (χ0n) is 12.5. The second-order valence-electron chi connectivity index (χ2n) is 5.33. The summed E-state index contributed by atoms with van der Waals surface area (Å²) < 4.78 is 12.0. The first-order valence-electron chi connectivity index (χ1n) is 6.73. The molecule has 0 radical (unpaired) electrons. The van der Waals surface area contributed by atoms with Crippen LogP contribution in [0.5, 0.6) is 5.88 Å². The number of carbonyl (C=O) groups excluding carboxylic acids is 1. The summed E-state index contributed by atoms with van der Waals surface area (Å²) in [6.07, 6.45) is 2.06. The highest BCUT2D eigenvalue weighted by Crippen LogP contribution is 2.24. The van der Waals surface area contributed by atoms with Gasteiger partial charge in [0.15, 0.2) is 0 Å². The maximum absolute atomic E-state index is 11.6. The highest BCUT2D eigenvalue weighted by atomic mass is 16.5. The minimum atomic E-state index is -0.374. The lowest BCUT2D eigenvalue weighted by Gasteiger charge is -2.21. The molecule has 1 aromatic heterocycles. The van der Waals surface area contributed by atoms with Crippen LogP contribution in [0.25, 0.3) is 0 Å². The van der Waals surface area contributed by atoms with Crippen molar-refractivity contribution in [2.75, 3.05) is 13.2 Å². The molecular formula is C14H24N2O3. The van der Waals surface area contributed by atoms with E-state index >= 15 is 0 Å². The highest BCUT2D eigenvalue weighted by molar-refractivity contribution is 5.87. The monoisotopic (exact) mass is 268 g/mol. The summed E-state index contributed by atoms with van der Waals surface area (Å²) in [6.45, 7) is 9.31. The number of nitrogens with zero attached hydrogens (tertiary/aromatic N) is 2. The lowest BCUT2D eigenvalue weighted by atomic mass is 9.87. The molecule has 0 atom stereocenters. The molecule has 5 nitrogen and oxygen atoms in total. The van der Waals surface area contributed by atoms with Crippen LogP contribution < -0.4 is 4.74 Å². The molecule has 5 heteroatoms. The third-order valence-corrected chi connectivity index (χ3v) is 3.33. The van der Waals surface area contributed by atoms with Gasteiger partial charge >= 0.3 is 5.97 Å². The topological polar surface area (TPSA) is 53.4 Å². The van der Waals surface area contributed by atoms with Crippen molar-refractivity contribution in [3.05, 3.63) is 11.8 Å². The van der Waals surface area contributed by atoms with Crippen molar-refractivity contribution in [2.45, 2.75) is 40.5 Å². The summed E-state index contributed by atoms with van der Waals surface area (Å²) in [7, 11) is 1.70. The Morgan fingerprint density at radius 1 is 1.42 bits per heavy atom. The third kappa shape index (κ3) is 4.58. The van der Waals surface area contributed by atoms with Gasteiger partial charge in [-0.15, -0.1) is 5.10 Å². The van der Waals surface area contributed by atoms with Crippen LogP contribution in [0.15, 0.2) is 6.07 Å². The van der Waals surface area contributed by atoms with Crippen LogP contribution in [0.1, 0.15) is 51.0 Å². The largest absolute Gasteiger partial charge is 0.477 e. The fourth-order valence-corrected chi connectivity index (χ4v) is 1.52. The van der Waals surface area contributed by atoms with Gasteiger partial charge < -0.3 is 9.47 Å². The highest BCUT2D eigenvalue weighted by Gasteiger charge is 2.17. The summed E-state index contributed by atoms with van der Waals surface area (Å²) in [5.74, 6) is 0.0960. The molecule has 0 spiro atoms. The summed E-state index contributed by atoms with van der Waals surface area (Å²) in [5.41, 5.74) is 0.672. The van der Waals surface area contributed by atoms with Gasteiger partial charge in [-0.2, -0.15) is 0 Å². The molecular weight excluding hydrogens is 244 g/mol. The molecule has 0 aromatic carbocycles. The summed E-state index contributed by atoms with van der Waals surface area (Å²) in [6, 6.07) is 1.62. The zero-order chi connectivity index (χ0) is 14.5. The van der Waals surface area contributed by atoms with Crippen molar-refractivity contribution >= 4 is 5.97 Å². The second kappa shape index (κ2) is 6.59. The Morgan fingerprint density at radius 2 is 2.11 bits per heavy atom. The Morgan fingerprint density at radius 3 is 2.68 bits per heavy atom. The molecule has 0 unspecified atom stereocenters. The van der Waals surface area contributed by atoms with Gasteiger partial charge in [0.2, 0.25) is 5.88 Å². The molecule has 1 aromatic rings. The lowest BCUT2D eigenvalue weighted by Crippen LogP contribution is -2.14. The van der Waals surface area contributed by atoms with Crippen LogP contribution >= 0.6 is 0 Å². The first-order valence-corrected chi connectivity index (χ1v) is 6.73. The lowest BCUT2D eigenvalue weighted by molar-refractivity contribution is 0.0513. The van der Waals surface area contributed by atoms with Gasteiger partial charge in [-0.1, -0.05) is 27.2 Å². The van der Waals surface area contributed by atoms with Crippen molar-refractivity contribution in [3.63, 3.8) is 0 Å². The Hall–Kier alpha value is -1.52. The van der Waals surface area contributed by atoms with Crippen molar-refractivity contribution < 1.29 is 14.3 Å². The summed E-state index contributed by atoms with van der Waals surface area (Å²) >= 11 is 0. The normalized spacial score (nSPS) is 11.4. The Kier molecular flexibility index (Phi) is 5.39. The van der Waals surface area contributed by atoms with Crippen molar-refractivity contribution in [3.8, 4) is 5.88 Å². The molecule has 0 aliphatic carbocycles. The van der Waals surface area contributed by atoms with Crippen LogP contribution in [0.3, 0.4) is 0 Å². The smallest absolute Gasteiger partial charge is 0.356 e. The molecule has 0 amide bonds. The number of aromatic nitrogens is 2. The van der Waals surface area contributed by atoms with Gasteiger partial charge in [0.05, 0.1) is 13.2 Å². The van der Waals surface area contributed by atoms with Gasteiger partial charge in [0, 0.05) is 13.1 Å². The van der Waals surface area contributed by atoms with Gasteiger partial charge in [0.1, 0.15) is 5.69 Å². The Labute approximate surface area is 114 Å². The van der Waals surface area contributed by atoms with E-state index in [0.29, 0.717) is 24.8 Å². The molecule has 1 rings (SSSR count). The zero-order valence-corrected chi connectivity index (χ0v) is 12.5. The molecule has 0 bridgehead atoms. The fraction of sp³-hybridized carbons (Fsp3) is 0.714. The molecule has 19 heavy (non-hydrogen) atoms. The van der Waals surface area contributed by atoms with E-state index in [1.807, 2.05) is 0 Å². The molecule has 0 saturated heterocycles. The van der Waals surface area contributed by atoms with Crippen LogP contribution in [0.4, 0.5) is 0 Å². The number of hydrogen-bond acceptors (Lipinski definition) is 4. The molecule has 0 aliphatic heterocycles. The minimum Gasteiger partial charge on any atom is -0.477 e. The van der Waals surface area contributed by atoms with E-state index in [0.717, 1.165) is 12.8 Å². The molecule has 1 heterocycles. The second-order valence-corrected chi connectivity index (χ2v) is 5.33. The first kappa shape index (κ1) is 15.5. The number of rotatable bonds is 7. The maximum atomic E-state index is 11.6. The molecule has 0 saturated carbocycles. The summed E-state index contributed by atoms with van der Waals surface area (Å²) in [4.78, 5) is 11.6. The van der Waals surface area contributed by atoms with Crippen molar-refractivity contribution in [1.82, 2.24) is 9.78 Å². The van der Waals surface area contributed by atoms with Gasteiger partial charge in [0.25, 0.3) is 0 Å². The van der Waals surface area contributed by atoms with E-state index in [-0.39, 0.29) is 11.4 Å². The molecule has 108 valence electrons. The van der Waals surface area contributed by atoms with E-state index in [4.69, 9.17) is 9.47 Å². The Balaban J connectivity index is 2.57. The number of aryl methyl sites for hydroxylation is 1. The first-order chi connectivity index (χ1) is 8.89. The number of ether oxygens (including phenoxy) is 2. The predicted octanol–water partition coefficient (Wildman–Crippen LogP) is 2.80. The molecule has 0 aliphatic rings. The Bertz CT molecular complexity index is 424. The number of carbonyl (C=O) groups is 1. The van der Waals surface area contributed by atoms with Gasteiger partial charge in [-0.05, 0) is 18.8 Å². The standard InChI is InChI=1S/C14H24N2O3/c1-6-14(3,4)8-9-19-12-10-11(16(5)15-12)13(17)18-7-2/h10H,6-9H2,1-5H3. The maximum Gasteiger partial charge on any atom is 0.356 e. The SMILES string of the molecule is CCOC(=O)c1cc(OCCC(C)(C)CC)nn1C. The van der Waals surface area contributed by atoms with E-state index < -0.39 is 0 Å². The molecule has 0 N–H and O–H groups in total. The summed E-state index contributed by atoms with van der Waals surface area (Å²) in [5, 5.41) is 4.15.